The number of ether oxygens (including phenoxy) is 1. The van der Waals surface area contributed by atoms with Crippen molar-refractivity contribution in [2.75, 3.05) is 18.1 Å². The van der Waals surface area contributed by atoms with Crippen LogP contribution in [0.1, 0.15) is 56.1 Å². The summed E-state index contributed by atoms with van der Waals surface area (Å²) in [4.78, 5) is 45.1. The van der Waals surface area contributed by atoms with E-state index in [0.29, 0.717) is 24.6 Å². The van der Waals surface area contributed by atoms with E-state index in [-0.39, 0.29) is 17.9 Å². The van der Waals surface area contributed by atoms with Crippen molar-refractivity contribution in [3.63, 3.8) is 0 Å². The normalized spacial score (nSPS) is 19.2. The minimum atomic E-state index is -1.17. The van der Waals surface area contributed by atoms with Gasteiger partial charge in [-0.1, -0.05) is 12.8 Å². The minimum absolute atomic E-state index is 0.0325. The van der Waals surface area contributed by atoms with E-state index in [2.05, 4.69) is 15.6 Å². The third-order valence-corrected chi connectivity index (χ3v) is 6.09. The van der Waals surface area contributed by atoms with Gasteiger partial charge in [-0.3, -0.25) is 24.3 Å². The third kappa shape index (κ3) is 5.60. The monoisotopic (exact) mass is 454 g/mol. The van der Waals surface area contributed by atoms with Crippen molar-refractivity contribution in [3.05, 3.63) is 48.2 Å². The molecule has 1 saturated carbocycles. The number of pyridine rings is 1. The molecule has 9 nitrogen and oxygen atoms in total. The summed E-state index contributed by atoms with van der Waals surface area (Å²) in [7, 11) is 0. The van der Waals surface area contributed by atoms with Crippen molar-refractivity contribution in [2.45, 2.75) is 63.6 Å². The quantitative estimate of drug-likeness (QED) is 0.621. The molecule has 1 aliphatic carbocycles. The van der Waals surface area contributed by atoms with E-state index in [0.717, 1.165) is 38.5 Å². The van der Waals surface area contributed by atoms with Gasteiger partial charge < -0.3 is 19.8 Å². The lowest BCUT2D eigenvalue weighted by Gasteiger charge is -2.29. The van der Waals surface area contributed by atoms with Gasteiger partial charge in [0.2, 0.25) is 0 Å². The molecular weight excluding hydrogens is 424 g/mol. The Hall–Kier alpha value is -3.20. The number of carbonyl (C=O) groups is 3. The highest BCUT2D eigenvalue weighted by molar-refractivity contribution is 6.41. The molecule has 4 rings (SSSR count). The number of hydrogen-bond donors (Lipinski definition) is 2. The summed E-state index contributed by atoms with van der Waals surface area (Å²) in [6.07, 6.45) is 8.48. The summed E-state index contributed by atoms with van der Waals surface area (Å²) in [5.41, 5.74) is 0.329. The van der Waals surface area contributed by atoms with E-state index in [4.69, 9.17) is 9.15 Å². The Labute approximate surface area is 192 Å². The number of anilines is 1. The number of furan rings is 1. The second-order valence-corrected chi connectivity index (χ2v) is 8.57. The Balaban J connectivity index is 1.63. The van der Waals surface area contributed by atoms with Gasteiger partial charge in [0, 0.05) is 25.4 Å². The Morgan fingerprint density at radius 2 is 1.97 bits per heavy atom. The van der Waals surface area contributed by atoms with Crippen LogP contribution < -0.4 is 15.5 Å². The van der Waals surface area contributed by atoms with E-state index in [9.17, 15) is 14.4 Å². The lowest BCUT2D eigenvalue weighted by atomic mass is 10.1. The molecule has 2 N–H and O–H groups in total. The maximum Gasteiger partial charge on any atom is 0.317 e. The average molecular weight is 455 g/mol. The SMILES string of the molecule is Cc1ccc([C@@H](C(=O)NC[C@@H]2CCCO2)N(C(=O)C(=O)NC2CCCC2)c2cccnc2)o1. The van der Waals surface area contributed by atoms with Crippen LogP contribution in [0.25, 0.3) is 0 Å². The zero-order valence-corrected chi connectivity index (χ0v) is 18.8. The lowest BCUT2D eigenvalue weighted by molar-refractivity contribution is -0.139. The van der Waals surface area contributed by atoms with Crippen molar-refractivity contribution >= 4 is 23.4 Å². The van der Waals surface area contributed by atoms with E-state index in [1.807, 2.05) is 0 Å². The van der Waals surface area contributed by atoms with E-state index in [1.165, 1.54) is 11.1 Å². The number of hydrogen-bond acceptors (Lipinski definition) is 6. The molecule has 2 aromatic heterocycles. The standard InChI is InChI=1S/C24H30N4O5/c1-16-10-11-20(33-16)21(22(29)26-15-19-9-5-13-32-19)28(18-8-4-12-25-14-18)24(31)23(30)27-17-6-2-3-7-17/h4,8,10-12,14,17,19,21H,2-3,5-7,9,13,15H2,1H3,(H,26,29)(H,27,30)/t19-,21-/m0/s1. The molecule has 3 heterocycles. The molecule has 33 heavy (non-hydrogen) atoms. The summed E-state index contributed by atoms with van der Waals surface area (Å²) in [6.45, 7) is 2.75. The van der Waals surface area contributed by atoms with Gasteiger partial charge in [0.15, 0.2) is 6.04 Å². The molecule has 2 aliphatic rings. The summed E-state index contributed by atoms with van der Waals surface area (Å²) >= 11 is 0. The van der Waals surface area contributed by atoms with Gasteiger partial charge in [0.1, 0.15) is 11.5 Å². The smallest absolute Gasteiger partial charge is 0.317 e. The first-order valence-electron chi connectivity index (χ1n) is 11.5. The molecule has 2 fully saturated rings. The highest BCUT2D eigenvalue weighted by Gasteiger charge is 2.39. The summed E-state index contributed by atoms with van der Waals surface area (Å²) in [5.74, 6) is -1.17. The molecule has 0 spiro atoms. The number of nitrogens with one attached hydrogen (secondary N) is 2. The highest BCUT2D eigenvalue weighted by Crippen LogP contribution is 2.29. The topological polar surface area (TPSA) is 114 Å². The van der Waals surface area contributed by atoms with E-state index in [1.54, 1.807) is 37.4 Å². The van der Waals surface area contributed by atoms with Gasteiger partial charge in [0.25, 0.3) is 5.91 Å². The highest BCUT2D eigenvalue weighted by atomic mass is 16.5. The van der Waals surface area contributed by atoms with Gasteiger partial charge >= 0.3 is 11.8 Å². The minimum Gasteiger partial charge on any atom is -0.464 e. The predicted molar refractivity (Wildman–Crippen MR) is 120 cm³/mol. The molecule has 0 radical (unpaired) electrons. The number of nitrogens with zero attached hydrogens (tertiary/aromatic N) is 2. The summed E-state index contributed by atoms with van der Waals surface area (Å²) in [6, 6.07) is 5.46. The first kappa shape index (κ1) is 23.0. The molecule has 0 aromatic carbocycles. The largest absolute Gasteiger partial charge is 0.464 e. The number of aromatic nitrogens is 1. The van der Waals surface area contributed by atoms with Crippen molar-refractivity contribution in [1.82, 2.24) is 15.6 Å². The molecule has 1 aliphatic heterocycles. The van der Waals surface area contributed by atoms with Crippen molar-refractivity contribution in [1.29, 1.82) is 0 Å². The fourth-order valence-corrected chi connectivity index (χ4v) is 4.40. The zero-order chi connectivity index (χ0) is 23.2. The average Bonchev–Trinajstić information content (AvgIpc) is 3.59. The zero-order valence-electron chi connectivity index (χ0n) is 18.8. The Kier molecular flexibility index (Phi) is 7.39. The Bertz CT molecular complexity index is 964. The van der Waals surface area contributed by atoms with Crippen molar-refractivity contribution in [2.24, 2.45) is 0 Å². The number of carbonyl (C=O) groups excluding carboxylic acids is 3. The van der Waals surface area contributed by atoms with Gasteiger partial charge in [-0.25, -0.2) is 0 Å². The molecule has 0 unspecified atom stereocenters. The Morgan fingerprint density at radius 3 is 2.61 bits per heavy atom. The lowest BCUT2D eigenvalue weighted by Crippen LogP contribution is -2.51. The van der Waals surface area contributed by atoms with Gasteiger partial charge in [-0.2, -0.15) is 0 Å². The summed E-state index contributed by atoms with van der Waals surface area (Å²) < 4.78 is 11.4. The third-order valence-electron chi connectivity index (χ3n) is 6.09. The second-order valence-electron chi connectivity index (χ2n) is 8.57. The van der Waals surface area contributed by atoms with Crippen LogP contribution in [0.3, 0.4) is 0 Å². The maximum absolute atomic E-state index is 13.5. The van der Waals surface area contributed by atoms with Crippen LogP contribution in [0.2, 0.25) is 0 Å². The number of rotatable bonds is 7. The maximum atomic E-state index is 13.5. The predicted octanol–water partition coefficient (Wildman–Crippen LogP) is 2.41. The first-order chi connectivity index (χ1) is 16.0. The molecule has 2 atom stereocenters. The van der Waals surface area contributed by atoms with Crippen molar-refractivity contribution in [3.8, 4) is 0 Å². The molecule has 1 saturated heterocycles. The molecule has 2 aromatic rings. The molecular formula is C24H30N4O5. The van der Waals surface area contributed by atoms with Crippen LogP contribution in [-0.2, 0) is 19.1 Å². The first-order valence-corrected chi connectivity index (χ1v) is 11.5. The van der Waals surface area contributed by atoms with Crippen LogP contribution >= 0.6 is 0 Å². The van der Waals surface area contributed by atoms with Crippen LogP contribution in [0, 0.1) is 6.92 Å². The van der Waals surface area contributed by atoms with Gasteiger partial charge in [0.05, 0.1) is 18.0 Å². The second kappa shape index (κ2) is 10.6. The summed E-state index contributed by atoms with van der Waals surface area (Å²) in [5, 5.41) is 5.70. The Morgan fingerprint density at radius 1 is 1.15 bits per heavy atom. The van der Waals surface area contributed by atoms with Crippen LogP contribution in [0.5, 0.6) is 0 Å². The van der Waals surface area contributed by atoms with E-state index >= 15 is 0 Å². The van der Waals surface area contributed by atoms with Crippen LogP contribution in [0.15, 0.2) is 41.1 Å². The van der Waals surface area contributed by atoms with E-state index < -0.39 is 23.8 Å². The van der Waals surface area contributed by atoms with Gasteiger partial charge in [-0.05, 0) is 56.9 Å². The van der Waals surface area contributed by atoms with Crippen LogP contribution in [0.4, 0.5) is 5.69 Å². The van der Waals surface area contributed by atoms with Gasteiger partial charge in [-0.15, -0.1) is 0 Å². The number of amides is 3. The fourth-order valence-electron chi connectivity index (χ4n) is 4.40. The van der Waals surface area contributed by atoms with Crippen LogP contribution in [-0.4, -0.2) is 48.0 Å². The molecule has 9 heteroatoms. The number of aryl methyl sites for hydroxylation is 1. The fraction of sp³-hybridized carbons (Fsp3) is 0.500. The van der Waals surface area contributed by atoms with Crippen molar-refractivity contribution < 1.29 is 23.5 Å². The molecule has 176 valence electrons. The molecule has 3 amide bonds. The molecule has 0 bridgehead atoms.